The van der Waals surface area contributed by atoms with Gasteiger partial charge < -0.3 is 19.1 Å². The predicted molar refractivity (Wildman–Crippen MR) is 107 cm³/mol. The van der Waals surface area contributed by atoms with Gasteiger partial charge in [0.2, 0.25) is 0 Å². The van der Waals surface area contributed by atoms with Crippen LogP contribution >= 0.6 is 0 Å². The molecule has 3 aromatic rings. The Labute approximate surface area is 168 Å². The highest BCUT2D eigenvalue weighted by Gasteiger charge is 2.20. The van der Waals surface area contributed by atoms with Crippen LogP contribution in [0.25, 0.3) is 16.6 Å². The molecule has 150 valence electrons. The summed E-state index contributed by atoms with van der Waals surface area (Å²) in [5, 5.41) is 18.7. The molecule has 4 rings (SSSR count). The van der Waals surface area contributed by atoms with E-state index in [1.165, 1.54) is 12.1 Å². The third kappa shape index (κ3) is 3.83. The van der Waals surface area contributed by atoms with Crippen LogP contribution in [-0.4, -0.2) is 39.1 Å². The van der Waals surface area contributed by atoms with Crippen LogP contribution in [0.5, 0.6) is 11.5 Å². The van der Waals surface area contributed by atoms with Crippen LogP contribution < -0.4 is 4.74 Å². The number of halogens is 1. The summed E-state index contributed by atoms with van der Waals surface area (Å²) in [4.78, 5) is 5.99. The van der Waals surface area contributed by atoms with E-state index in [0.29, 0.717) is 24.7 Å². The van der Waals surface area contributed by atoms with Crippen molar-refractivity contribution in [1.29, 1.82) is 5.26 Å². The monoisotopic (exact) mass is 394 g/mol. The second-order valence-corrected chi connectivity index (χ2v) is 7.43. The minimum atomic E-state index is -0.644. The number of hydrogen-bond acceptors (Lipinski definition) is 5. The number of benzene rings is 1. The number of aromatic nitrogens is 2. The van der Waals surface area contributed by atoms with E-state index in [1.54, 1.807) is 17.4 Å². The third-order valence-corrected chi connectivity index (χ3v) is 5.58. The Bertz CT molecular complexity index is 1060. The number of pyridine rings is 1. The number of piperidine rings is 1. The van der Waals surface area contributed by atoms with Crippen LogP contribution in [-0.2, 0) is 6.42 Å². The Morgan fingerprint density at radius 3 is 2.83 bits per heavy atom. The zero-order chi connectivity index (χ0) is 20.4. The van der Waals surface area contributed by atoms with E-state index in [4.69, 9.17) is 10.00 Å². The summed E-state index contributed by atoms with van der Waals surface area (Å²) in [5.74, 6) is 0.103. The van der Waals surface area contributed by atoms with E-state index >= 15 is 0 Å². The SMILES string of the molecule is CCc1cc(O)c(F)cc1-c1cc(OCC2CCN(C#N)CC2)c2cncn2c1. The molecule has 0 amide bonds. The average molecular weight is 394 g/mol. The first-order valence-electron chi connectivity index (χ1n) is 9.84. The Hall–Kier alpha value is -3.27. The highest BCUT2D eigenvalue weighted by Crippen LogP contribution is 2.34. The smallest absolute Gasteiger partial charge is 0.179 e. The van der Waals surface area contributed by atoms with Gasteiger partial charge in [-0.15, -0.1) is 0 Å². The van der Waals surface area contributed by atoms with E-state index in [1.807, 2.05) is 23.6 Å². The van der Waals surface area contributed by atoms with Gasteiger partial charge in [0.1, 0.15) is 11.3 Å². The van der Waals surface area contributed by atoms with Crippen LogP contribution in [0.2, 0.25) is 0 Å². The fraction of sp³-hybridized carbons (Fsp3) is 0.364. The number of fused-ring (bicyclic) bond motifs is 1. The maximum atomic E-state index is 14.1. The average Bonchev–Trinajstić information content (AvgIpc) is 3.22. The minimum Gasteiger partial charge on any atom is -0.505 e. The fourth-order valence-electron chi connectivity index (χ4n) is 3.84. The molecule has 0 saturated carbocycles. The first kappa shape index (κ1) is 19.1. The van der Waals surface area contributed by atoms with Crippen LogP contribution in [0.3, 0.4) is 0 Å². The van der Waals surface area contributed by atoms with Gasteiger partial charge in [-0.3, -0.25) is 0 Å². The Morgan fingerprint density at radius 2 is 2.10 bits per heavy atom. The quantitative estimate of drug-likeness (QED) is 0.663. The fourth-order valence-corrected chi connectivity index (χ4v) is 3.84. The van der Waals surface area contributed by atoms with Gasteiger partial charge in [-0.05, 0) is 54.5 Å². The van der Waals surface area contributed by atoms with Crippen molar-refractivity contribution in [2.75, 3.05) is 19.7 Å². The number of aryl methyl sites for hydroxylation is 1. The molecule has 1 N–H and O–H groups in total. The predicted octanol–water partition coefficient (Wildman–Crippen LogP) is 3.98. The van der Waals surface area contributed by atoms with Gasteiger partial charge in [0.05, 0.1) is 19.1 Å². The van der Waals surface area contributed by atoms with E-state index in [0.717, 1.165) is 48.1 Å². The van der Waals surface area contributed by atoms with Crippen LogP contribution in [0.4, 0.5) is 4.39 Å². The van der Waals surface area contributed by atoms with Crippen molar-refractivity contribution in [1.82, 2.24) is 14.3 Å². The van der Waals surface area contributed by atoms with Gasteiger partial charge in [-0.2, -0.15) is 5.26 Å². The summed E-state index contributed by atoms with van der Waals surface area (Å²) >= 11 is 0. The number of nitrogens with zero attached hydrogens (tertiary/aromatic N) is 4. The number of phenols is 1. The molecule has 0 spiro atoms. The maximum Gasteiger partial charge on any atom is 0.179 e. The van der Waals surface area contributed by atoms with Crippen molar-refractivity contribution in [2.24, 2.45) is 5.92 Å². The Kier molecular flexibility index (Phi) is 5.26. The number of aromatic hydroxyl groups is 1. The molecule has 1 aliphatic heterocycles. The molecule has 0 aliphatic carbocycles. The normalized spacial score (nSPS) is 14.9. The lowest BCUT2D eigenvalue weighted by Gasteiger charge is -2.28. The van der Waals surface area contributed by atoms with Crippen molar-refractivity contribution in [3.8, 4) is 28.8 Å². The standard InChI is InChI=1S/C22H23FN4O2/c1-2-16-7-21(28)19(23)9-18(16)17-8-22(20-10-25-14-27(20)11-17)29-12-15-3-5-26(13-24)6-4-15/h7-11,14-15,28H,2-6,12H2,1H3. The lowest BCUT2D eigenvalue weighted by atomic mass is 9.97. The lowest BCUT2D eigenvalue weighted by molar-refractivity contribution is 0.176. The Balaban J connectivity index is 1.63. The molecule has 0 unspecified atom stereocenters. The molecule has 1 saturated heterocycles. The summed E-state index contributed by atoms with van der Waals surface area (Å²) in [6.45, 7) is 4.06. The number of imidazole rings is 1. The van der Waals surface area contributed by atoms with Crippen LogP contribution in [0.15, 0.2) is 36.9 Å². The van der Waals surface area contributed by atoms with Gasteiger partial charge in [0.15, 0.2) is 17.8 Å². The van der Waals surface area contributed by atoms with E-state index in [2.05, 4.69) is 11.2 Å². The zero-order valence-corrected chi connectivity index (χ0v) is 16.3. The maximum absolute atomic E-state index is 14.1. The van der Waals surface area contributed by atoms with Gasteiger partial charge in [0.25, 0.3) is 0 Å². The van der Waals surface area contributed by atoms with Crippen molar-refractivity contribution in [2.45, 2.75) is 26.2 Å². The van der Waals surface area contributed by atoms with Crippen molar-refractivity contribution in [3.63, 3.8) is 0 Å². The molecule has 6 nitrogen and oxygen atoms in total. The largest absolute Gasteiger partial charge is 0.505 e. The second kappa shape index (κ2) is 8.00. The molecular weight excluding hydrogens is 371 g/mol. The number of phenolic OH excluding ortho intramolecular Hbond substituents is 1. The van der Waals surface area contributed by atoms with Crippen LogP contribution in [0, 0.1) is 23.2 Å². The highest BCUT2D eigenvalue weighted by atomic mass is 19.1. The summed E-state index contributed by atoms with van der Waals surface area (Å²) in [5.41, 5.74) is 3.24. The topological polar surface area (TPSA) is 73.8 Å². The number of likely N-dealkylation sites (tertiary alicyclic amines) is 1. The summed E-state index contributed by atoms with van der Waals surface area (Å²) < 4.78 is 22.1. The summed E-state index contributed by atoms with van der Waals surface area (Å²) in [7, 11) is 0. The number of hydrogen-bond donors (Lipinski definition) is 1. The lowest BCUT2D eigenvalue weighted by Crippen LogP contribution is -2.32. The van der Waals surface area contributed by atoms with Gasteiger partial charge in [0, 0.05) is 24.8 Å². The molecule has 0 bridgehead atoms. The molecule has 2 aromatic heterocycles. The molecule has 1 aliphatic rings. The van der Waals surface area contributed by atoms with Gasteiger partial charge in [-0.1, -0.05) is 6.92 Å². The van der Waals surface area contributed by atoms with E-state index in [-0.39, 0.29) is 5.75 Å². The Morgan fingerprint density at radius 1 is 1.31 bits per heavy atom. The molecule has 0 atom stereocenters. The highest BCUT2D eigenvalue weighted by molar-refractivity contribution is 5.73. The third-order valence-electron chi connectivity index (χ3n) is 5.58. The molecule has 3 heterocycles. The van der Waals surface area contributed by atoms with Gasteiger partial charge in [-0.25, -0.2) is 9.37 Å². The molecular formula is C22H23FN4O2. The van der Waals surface area contributed by atoms with Crippen molar-refractivity contribution < 1.29 is 14.2 Å². The zero-order valence-electron chi connectivity index (χ0n) is 16.3. The van der Waals surface area contributed by atoms with Crippen LogP contribution in [0.1, 0.15) is 25.3 Å². The molecule has 29 heavy (non-hydrogen) atoms. The van der Waals surface area contributed by atoms with Crippen molar-refractivity contribution >= 4 is 5.52 Å². The first-order chi connectivity index (χ1) is 14.1. The molecule has 1 fully saturated rings. The van der Waals surface area contributed by atoms with Gasteiger partial charge >= 0.3 is 0 Å². The second-order valence-electron chi connectivity index (χ2n) is 7.43. The van der Waals surface area contributed by atoms with E-state index < -0.39 is 5.82 Å². The molecule has 7 heteroatoms. The summed E-state index contributed by atoms with van der Waals surface area (Å²) in [6, 6.07) is 4.76. The summed E-state index contributed by atoms with van der Waals surface area (Å²) in [6.07, 6.45) is 10.0. The van der Waals surface area contributed by atoms with E-state index in [9.17, 15) is 9.50 Å². The number of rotatable bonds is 5. The minimum absolute atomic E-state index is 0.338. The molecule has 0 radical (unpaired) electrons. The first-order valence-corrected chi connectivity index (χ1v) is 9.84. The van der Waals surface area contributed by atoms with Crippen molar-refractivity contribution in [3.05, 3.63) is 48.3 Å². The number of ether oxygens (including phenoxy) is 1. The number of nitriles is 1. The molecule has 1 aromatic carbocycles.